The van der Waals surface area contributed by atoms with Crippen LogP contribution in [0.3, 0.4) is 0 Å². The van der Waals surface area contributed by atoms with Crippen molar-refractivity contribution in [1.82, 2.24) is 14.4 Å². The van der Waals surface area contributed by atoms with E-state index in [2.05, 4.69) is 15.3 Å². The van der Waals surface area contributed by atoms with E-state index in [0.29, 0.717) is 10.7 Å². The van der Waals surface area contributed by atoms with Crippen LogP contribution in [0.5, 0.6) is 0 Å². The number of amides is 1. The van der Waals surface area contributed by atoms with Crippen molar-refractivity contribution in [2.24, 2.45) is 0 Å². The number of hydrogen-bond acceptors (Lipinski definition) is 5. The number of pyridine rings is 1. The Morgan fingerprint density at radius 1 is 1.08 bits per heavy atom. The van der Waals surface area contributed by atoms with Gasteiger partial charge in [0.25, 0.3) is 5.91 Å². The molecule has 0 aliphatic rings. The van der Waals surface area contributed by atoms with E-state index in [9.17, 15) is 4.79 Å². The Labute approximate surface area is 156 Å². The molecule has 5 rings (SSSR count). The summed E-state index contributed by atoms with van der Waals surface area (Å²) in [6.45, 7) is 0. The number of hydrogen-bond donors (Lipinski definition) is 1. The number of carbonyl (C=O) groups excluding carboxylic acids is 1. The largest absolute Gasteiger partial charge is 0.306 e. The molecule has 0 fully saturated rings. The lowest BCUT2D eigenvalue weighted by Gasteiger charge is -2.05. The molecule has 0 saturated carbocycles. The molecule has 7 heteroatoms. The maximum Gasteiger partial charge on any atom is 0.267 e. The Kier molecular flexibility index (Phi) is 3.55. The number of thiophene rings is 1. The summed E-state index contributed by atoms with van der Waals surface area (Å²) in [5.41, 5.74) is 3.07. The van der Waals surface area contributed by atoms with Gasteiger partial charge in [0.2, 0.25) is 0 Å². The van der Waals surface area contributed by atoms with E-state index in [1.807, 2.05) is 64.5 Å². The number of nitrogens with zero attached hydrogens (tertiary/aromatic N) is 3. The lowest BCUT2D eigenvalue weighted by atomic mass is 10.1. The van der Waals surface area contributed by atoms with Gasteiger partial charge in [0.15, 0.2) is 4.96 Å². The number of fused-ring (bicyclic) bond motifs is 3. The van der Waals surface area contributed by atoms with Crippen LogP contribution in [-0.2, 0) is 0 Å². The first-order valence-corrected chi connectivity index (χ1v) is 9.65. The Bertz CT molecular complexity index is 1220. The van der Waals surface area contributed by atoms with Crippen LogP contribution in [0.4, 0.5) is 5.82 Å². The first-order valence-electron chi connectivity index (χ1n) is 7.96. The maximum absolute atomic E-state index is 12.5. The molecule has 5 aromatic rings. The highest BCUT2D eigenvalue weighted by molar-refractivity contribution is 7.21. The molecule has 0 atom stereocenters. The predicted molar refractivity (Wildman–Crippen MR) is 106 cm³/mol. The zero-order chi connectivity index (χ0) is 17.5. The fourth-order valence-corrected chi connectivity index (χ4v) is 4.50. The van der Waals surface area contributed by atoms with Crippen molar-refractivity contribution in [2.45, 2.75) is 0 Å². The standard InChI is InChI=1S/C19H12N4OS2/c24-17(15-10-14-18(26-15)22-19-23(14)8-9-25-19)21-16-7-6-13(11-20-16)12-4-2-1-3-5-12/h1-11H,(H,20,21,24). The fraction of sp³-hybridized carbons (Fsp3) is 0. The first-order chi connectivity index (χ1) is 12.8. The van der Waals surface area contributed by atoms with Crippen LogP contribution in [0, 0.1) is 0 Å². The van der Waals surface area contributed by atoms with Gasteiger partial charge in [0.1, 0.15) is 10.6 Å². The van der Waals surface area contributed by atoms with Crippen molar-refractivity contribution in [1.29, 1.82) is 0 Å². The molecule has 0 unspecified atom stereocenters. The summed E-state index contributed by atoms with van der Waals surface area (Å²) < 4.78 is 2.00. The van der Waals surface area contributed by atoms with Crippen molar-refractivity contribution in [3.8, 4) is 11.1 Å². The summed E-state index contributed by atoms with van der Waals surface area (Å²) in [7, 11) is 0. The molecule has 0 aliphatic heterocycles. The van der Waals surface area contributed by atoms with Crippen LogP contribution in [0.2, 0.25) is 0 Å². The fourth-order valence-electron chi connectivity index (χ4n) is 2.81. The van der Waals surface area contributed by atoms with Crippen molar-refractivity contribution < 1.29 is 4.79 Å². The minimum atomic E-state index is -0.169. The third-order valence-electron chi connectivity index (χ3n) is 4.08. The van der Waals surface area contributed by atoms with Gasteiger partial charge >= 0.3 is 0 Å². The molecule has 0 bridgehead atoms. The van der Waals surface area contributed by atoms with Crippen molar-refractivity contribution in [3.63, 3.8) is 0 Å². The summed E-state index contributed by atoms with van der Waals surface area (Å²) in [6.07, 6.45) is 3.73. The van der Waals surface area contributed by atoms with Crippen LogP contribution >= 0.6 is 22.7 Å². The van der Waals surface area contributed by atoms with Gasteiger partial charge in [-0.1, -0.05) is 30.3 Å². The summed E-state index contributed by atoms with van der Waals surface area (Å²) >= 11 is 2.97. The number of benzene rings is 1. The van der Waals surface area contributed by atoms with Gasteiger partial charge in [-0.3, -0.25) is 9.20 Å². The molecule has 1 aromatic carbocycles. The highest BCUT2D eigenvalue weighted by atomic mass is 32.1. The average Bonchev–Trinajstić information content (AvgIpc) is 3.35. The first kappa shape index (κ1) is 15.2. The molecule has 126 valence electrons. The molecular weight excluding hydrogens is 364 g/mol. The minimum absolute atomic E-state index is 0.169. The molecule has 0 spiro atoms. The van der Waals surface area contributed by atoms with Crippen molar-refractivity contribution in [2.75, 3.05) is 5.32 Å². The number of imidazole rings is 1. The zero-order valence-corrected chi connectivity index (χ0v) is 15.1. The predicted octanol–water partition coefficient (Wildman–Crippen LogP) is 4.92. The number of thiazole rings is 1. The molecule has 0 aliphatic carbocycles. The summed E-state index contributed by atoms with van der Waals surface area (Å²) in [5, 5.41) is 4.84. The lowest BCUT2D eigenvalue weighted by molar-refractivity contribution is 0.103. The Balaban J connectivity index is 1.38. The van der Waals surface area contributed by atoms with Crippen LogP contribution in [0.1, 0.15) is 9.67 Å². The number of carbonyl (C=O) groups is 1. The van der Waals surface area contributed by atoms with Crippen LogP contribution < -0.4 is 5.32 Å². The molecule has 4 aromatic heterocycles. The Morgan fingerprint density at radius 3 is 2.77 bits per heavy atom. The minimum Gasteiger partial charge on any atom is -0.306 e. The molecule has 1 N–H and O–H groups in total. The summed E-state index contributed by atoms with van der Waals surface area (Å²) in [6, 6.07) is 15.7. The summed E-state index contributed by atoms with van der Waals surface area (Å²) in [5.74, 6) is 0.362. The highest BCUT2D eigenvalue weighted by Gasteiger charge is 2.15. The second kappa shape index (κ2) is 6.05. The van der Waals surface area contributed by atoms with Crippen molar-refractivity contribution >= 4 is 49.7 Å². The third-order valence-corrected chi connectivity index (χ3v) is 5.85. The van der Waals surface area contributed by atoms with Gasteiger partial charge in [-0.25, -0.2) is 9.97 Å². The smallest absolute Gasteiger partial charge is 0.267 e. The van der Waals surface area contributed by atoms with E-state index in [4.69, 9.17) is 0 Å². The molecule has 0 radical (unpaired) electrons. The van der Waals surface area contributed by atoms with E-state index < -0.39 is 0 Å². The van der Waals surface area contributed by atoms with Crippen LogP contribution in [0.15, 0.2) is 66.3 Å². The zero-order valence-electron chi connectivity index (χ0n) is 13.4. The monoisotopic (exact) mass is 376 g/mol. The van der Waals surface area contributed by atoms with Gasteiger partial charge in [-0.15, -0.1) is 22.7 Å². The van der Waals surface area contributed by atoms with E-state index in [1.54, 1.807) is 17.5 Å². The molecule has 1 amide bonds. The molecule has 4 heterocycles. The van der Waals surface area contributed by atoms with Gasteiger partial charge in [0.05, 0.1) is 10.4 Å². The van der Waals surface area contributed by atoms with Gasteiger partial charge in [0, 0.05) is 23.3 Å². The van der Waals surface area contributed by atoms with Gasteiger partial charge in [-0.05, 0) is 23.8 Å². The normalized spacial score (nSPS) is 11.2. The van der Waals surface area contributed by atoms with Gasteiger partial charge < -0.3 is 5.32 Å². The van der Waals surface area contributed by atoms with E-state index in [0.717, 1.165) is 26.4 Å². The van der Waals surface area contributed by atoms with Crippen molar-refractivity contribution in [3.05, 3.63) is 71.2 Å². The average molecular weight is 376 g/mol. The maximum atomic E-state index is 12.5. The number of nitrogens with one attached hydrogen (secondary N) is 1. The van der Waals surface area contributed by atoms with Gasteiger partial charge in [-0.2, -0.15) is 0 Å². The highest BCUT2D eigenvalue weighted by Crippen LogP contribution is 2.28. The lowest BCUT2D eigenvalue weighted by Crippen LogP contribution is -2.11. The quantitative estimate of drug-likeness (QED) is 0.486. The summed E-state index contributed by atoms with van der Waals surface area (Å²) in [4.78, 5) is 23.9. The topological polar surface area (TPSA) is 59.3 Å². The SMILES string of the molecule is O=C(Nc1ccc(-c2ccccc2)cn1)c1cc2c(nc3sccn32)s1. The van der Waals surface area contributed by atoms with Crippen LogP contribution in [-0.4, -0.2) is 20.3 Å². The number of aromatic nitrogens is 3. The Hall–Kier alpha value is -3.03. The van der Waals surface area contributed by atoms with E-state index >= 15 is 0 Å². The third kappa shape index (κ3) is 2.58. The second-order valence-electron chi connectivity index (χ2n) is 5.72. The molecule has 0 saturated heterocycles. The number of anilines is 1. The molecule has 5 nitrogen and oxygen atoms in total. The van der Waals surface area contributed by atoms with E-state index in [1.165, 1.54) is 11.3 Å². The van der Waals surface area contributed by atoms with Crippen LogP contribution in [0.25, 0.3) is 26.4 Å². The molecular formula is C19H12N4OS2. The second-order valence-corrected chi connectivity index (χ2v) is 7.62. The molecule has 26 heavy (non-hydrogen) atoms. The van der Waals surface area contributed by atoms with E-state index in [-0.39, 0.29) is 5.91 Å². The number of rotatable bonds is 3. The Morgan fingerprint density at radius 2 is 1.96 bits per heavy atom.